The molecule has 21 heavy (non-hydrogen) atoms. The van der Waals surface area contributed by atoms with Gasteiger partial charge in [0.2, 0.25) is 0 Å². The monoisotopic (exact) mass is 349 g/mol. The molecule has 0 N–H and O–H groups in total. The van der Waals surface area contributed by atoms with Crippen molar-refractivity contribution in [1.29, 1.82) is 0 Å². The van der Waals surface area contributed by atoms with Gasteiger partial charge in [-0.05, 0) is 35.2 Å². The van der Waals surface area contributed by atoms with Crippen LogP contribution < -0.4 is 0 Å². The fraction of sp³-hybridized carbons (Fsp3) is 0.364. The molecule has 0 aliphatic carbocycles. The van der Waals surface area contributed by atoms with Gasteiger partial charge in [0.15, 0.2) is 5.69 Å². The summed E-state index contributed by atoms with van der Waals surface area (Å²) in [4.78, 5) is 25.2. The Morgan fingerprint density at radius 1 is 1.14 bits per heavy atom. The van der Waals surface area contributed by atoms with Crippen molar-refractivity contribution in [3.05, 3.63) is 28.1 Å². The van der Waals surface area contributed by atoms with Crippen molar-refractivity contribution in [2.24, 2.45) is 0 Å². The molecule has 0 bridgehead atoms. The van der Waals surface area contributed by atoms with Crippen LogP contribution in [0.4, 0.5) is 22.0 Å². The minimum atomic E-state index is -5.19. The van der Waals surface area contributed by atoms with Crippen LogP contribution in [0.15, 0.2) is 0 Å². The van der Waals surface area contributed by atoms with E-state index >= 15 is 0 Å². The van der Waals surface area contributed by atoms with Gasteiger partial charge in [-0.15, -0.1) is 0 Å². The second-order valence-corrected chi connectivity index (χ2v) is 4.46. The molecule has 1 rings (SSSR count). The Hall–Kier alpha value is -1.28. The molecule has 1 aromatic heterocycles. The lowest BCUT2D eigenvalue weighted by atomic mass is 9.97. The standard InChI is InChI=1S/C11H6Cl2F5NO2/c1-2-3-4(8(12)20)6(10(14)15)19-7(11(16,17)18)5(3)9(13)21/h10H,2H2,1H3. The fourth-order valence-corrected chi connectivity index (χ4v) is 2.22. The van der Waals surface area contributed by atoms with Crippen molar-refractivity contribution in [1.82, 2.24) is 4.98 Å². The molecule has 3 nitrogen and oxygen atoms in total. The van der Waals surface area contributed by atoms with E-state index < -0.39 is 51.2 Å². The van der Waals surface area contributed by atoms with E-state index in [1.807, 2.05) is 0 Å². The highest BCUT2D eigenvalue weighted by Crippen LogP contribution is 2.37. The van der Waals surface area contributed by atoms with Crippen molar-refractivity contribution in [3.8, 4) is 0 Å². The second kappa shape index (κ2) is 6.23. The zero-order valence-corrected chi connectivity index (χ0v) is 11.7. The molecule has 1 aromatic rings. The van der Waals surface area contributed by atoms with E-state index in [0.717, 1.165) is 0 Å². The lowest BCUT2D eigenvalue weighted by molar-refractivity contribution is -0.141. The molecule has 0 unspecified atom stereocenters. The predicted molar refractivity (Wildman–Crippen MR) is 63.9 cm³/mol. The predicted octanol–water partition coefficient (Wildman–Crippen LogP) is 4.36. The number of hydrogen-bond acceptors (Lipinski definition) is 3. The zero-order valence-electron chi connectivity index (χ0n) is 10.2. The van der Waals surface area contributed by atoms with E-state index in [0.29, 0.717) is 0 Å². The molecule has 10 heteroatoms. The SMILES string of the molecule is CCc1c(C(=O)Cl)c(C(F)F)nc(C(F)(F)F)c1C(=O)Cl. The van der Waals surface area contributed by atoms with Crippen LogP contribution in [0.5, 0.6) is 0 Å². The normalized spacial score (nSPS) is 11.9. The minimum Gasteiger partial charge on any atom is -0.276 e. The molecular weight excluding hydrogens is 344 g/mol. The van der Waals surface area contributed by atoms with E-state index in [4.69, 9.17) is 23.2 Å². The van der Waals surface area contributed by atoms with E-state index in [1.54, 1.807) is 0 Å². The quantitative estimate of drug-likeness (QED) is 0.599. The summed E-state index contributed by atoms with van der Waals surface area (Å²) in [6.07, 6.45) is -9.01. The van der Waals surface area contributed by atoms with Crippen LogP contribution in [0, 0.1) is 0 Å². The molecule has 0 spiro atoms. The van der Waals surface area contributed by atoms with Crippen molar-refractivity contribution >= 4 is 33.7 Å². The molecular formula is C11H6Cl2F5NO2. The average Bonchev–Trinajstić information content (AvgIpc) is 2.34. The van der Waals surface area contributed by atoms with Crippen molar-refractivity contribution in [2.75, 3.05) is 0 Å². The summed E-state index contributed by atoms with van der Waals surface area (Å²) in [6, 6.07) is 0. The van der Waals surface area contributed by atoms with Gasteiger partial charge in [0.05, 0.1) is 11.1 Å². The Labute approximate surface area is 125 Å². The first-order chi connectivity index (χ1) is 9.52. The van der Waals surface area contributed by atoms with Gasteiger partial charge in [-0.3, -0.25) is 9.59 Å². The maximum Gasteiger partial charge on any atom is 0.434 e. The lowest BCUT2D eigenvalue weighted by Gasteiger charge is -2.18. The van der Waals surface area contributed by atoms with E-state index in [1.165, 1.54) is 6.92 Å². The molecule has 0 aromatic carbocycles. The maximum absolute atomic E-state index is 12.9. The summed E-state index contributed by atoms with van der Waals surface area (Å²) < 4.78 is 64.3. The Bertz CT molecular complexity index is 601. The van der Waals surface area contributed by atoms with E-state index in [-0.39, 0.29) is 6.42 Å². The molecule has 1 heterocycles. The third-order valence-corrected chi connectivity index (χ3v) is 2.93. The van der Waals surface area contributed by atoms with Crippen molar-refractivity contribution in [2.45, 2.75) is 25.9 Å². The van der Waals surface area contributed by atoms with Crippen LogP contribution >= 0.6 is 23.2 Å². The van der Waals surface area contributed by atoms with Crippen molar-refractivity contribution < 1.29 is 31.5 Å². The molecule has 0 radical (unpaired) electrons. The van der Waals surface area contributed by atoms with Gasteiger partial charge in [-0.1, -0.05) is 6.92 Å². The summed E-state index contributed by atoms with van der Waals surface area (Å²) in [5.41, 5.74) is -5.96. The van der Waals surface area contributed by atoms with Gasteiger partial charge >= 0.3 is 6.18 Å². The molecule has 0 amide bonds. The second-order valence-electron chi connectivity index (χ2n) is 3.77. The number of halogens is 7. The average molecular weight is 350 g/mol. The smallest absolute Gasteiger partial charge is 0.276 e. The lowest BCUT2D eigenvalue weighted by Crippen LogP contribution is -2.21. The number of hydrogen-bond donors (Lipinski definition) is 0. The van der Waals surface area contributed by atoms with E-state index in [2.05, 4.69) is 4.98 Å². The summed E-state index contributed by atoms with van der Waals surface area (Å²) >= 11 is 10.2. The third-order valence-electron chi connectivity index (χ3n) is 2.55. The van der Waals surface area contributed by atoms with Crippen LogP contribution in [0.2, 0.25) is 0 Å². The van der Waals surface area contributed by atoms with Crippen LogP contribution in [0.1, 0.15) is 51.0 Å². The number of aromatic nitrogens is 1. The summed E-state index contributed by atoms with van der Waals surface area (Å²) in [7, 11) is 0. The molecule has 116 valence electrons. The van der Waals surface area contributed by atoms with Gasteiger partial charge in [0.25, 0.3) is 16.9 Å². The number of rotatable bonds is 4. The number of alkyl halides is 5. The molecule has 0 fully saturated rings. The van der Waals surface area contributed by atoms with Gasteiger partial charge in [0.1, 0.15) is 5.69 Å². The van der Waals surface area contributed by atoms with Gasteiger partial charge in [0, 0.05) is 0 Å². The number of nitrogens with zero attached hydrogens (tertiary/aromatic N) is 1. The minimum absolute atomic E-state index is 0.340. The number of pyridine rings is 1. The first-order valence-electron chi connectivity index (χ1n) is 5.34. The maximum atomic E-state index is 12.9. The van der Waals surface area contributed by atoms with Crippen LogP contribution in [0.3, 0.4) is 0 Å². The molecule has 0 saturated carbocycles. The number of carbonyl (C=O) groups excluding carboxylic acids is 2. The fourth-order valence-electron chi connectivity index (χ4n) is 1.80. The summed E-state index contributed by atoms with van der Waals surface area (Å²) in [5, 5.41) is -3.01. The Balaban J connectivity index is 3.98. The van der Waals surface area contributed by atoms with Gasteiger partial charge in [-0.25, -0.2) is 13.8 Å². The number of carbonyl (C=O) groups is 2. The molecule has 0 atom stereocenters. The van der Waals surface area contributed by atoms with Crippen molar-refractivity contribution in [3.63, 3.8) is 0 Å². The largest absolute Gasteiger partial charge is 0.434 e. The molecule has 0 aliphatic heterocycles. The van der Waals surface area contributed by atoms with Gasteiger partial charge < -0.3 is 0 Å². The first-order valence-corrected chi connectivity index (χ1v) is 6.09. The zero-order chi connectivity index (χ0) is 16.5. The highest BCUT2D eigenvalue weighted by Gasteiger charge is 2.41. The van der Waals surface area contributed by atoms with Crippen LogP contribution in [0.25, 0.3) is 0 Å². The summed E-state index contributed by atoms with van der Waals surface area (Å²) in [6.45, 7) is 1.26. The Morgan fingerprint density at radius 2 is 1.62 bits per heavy atom. The summed E-state index contributed by atoms with van der Waals surface area (Å²) in [5.74, 6) is 0. The molecule has 0 saturated heterocycles. The van der Waals surface area contributed by atoms with Crippen LogP contribution in [-0.2, 0) is 12.6 Å². The highest BCUT2D eigenvalue weighted by molar-refractivity contribution is 6.69. The molecule has 0 aliphatic rings. The Morgan fingerprint density at radius 3 is 1.90 bits per heavy atom. The topological polar surface area (TPSA) is 47.0 Å². The van der Waals surface area contributed by atoms with Gasteiger partial charge in [-0.2, -0.15) is 13.2 Å². The third kappa shape index (κ3) is 3.49. The van der Waals surface area contributed by atoms with Crippen LogP contribution in [-0.4, -0.2) is 15.5 Å². The Kier molecular flexibility index (Phi) is 5.27. The van der Waals surface area contributed by atoms with E-state index in [9.17, 15) is 31.5 Å². The first kappa shape index (κ1) is 17.8. The highest BCUT2D eigenvalue weighted by atomic mass is 35.5.